The van der Waals surface area contributed by atoms with E-state index >= 15 is 0 Å². The maximum atomic E-state index is 12.4. The highest BCUT2D eigenvalue weighted by molar-refractivity contribution is 8.01. The second kappa shape index (κ2) is 11.3. The molecule has 1 amide bonds. The summed E-state index contributed by atoms with van der Waals surface area (Å²) in [5, 5.41) is 14.5. The van der Waals surface area contributed by atoms with E-state index < -0.39 is 11.9 Å². The summed E-state index contributed by atoms with van der Waals surface area (Å²) < 4.78 is 15.1. The summed E-state index contributed by atoms with van der Waals surface area (Å²) in [7, 11) is 4.05. The Morgan fingerprint density at radius 3 is 2.12 bits per heavy atom. The van der Waals surface area contributed by atoms with Crippen molar-refractivity contribution in [3.63, 3.8) is 0 Å². The van der Waals surface area contributed by atoms with Gasteiger partial charge in [0.1, 0.15) is 5.75 Å². The van der Waals surface area contributed by atoms with E-state index in [4.69, 9.17) is 14.2 Å². The van der Waals surface area contributed by atoms with Crippen molar-refractivity contribution >= 4 is 57.5 Å². The predicted molar refractivity (Wildman–Crippen MR) is 125 cm³/mol. The number of nitrogens with zero attached hydrogens (tertiary/aromatic N) is 2. The fourth-order valence-corrected chi connectivity index (χ4v) is 4.18. The molecule has 1 heterocycles. The molecular weight excluding hydrogens is 468 g/mol. The van der Waals surface area contributed by atoms with Gasteiger partial charge in [-0.25, -0.2) is 9.59 Å². The third-order valence-electron chi connectivity index (χ3n) is 4.13. The van der Waals surface area contributed by atoms with Gasteiger partial charge < -0.3 is 24.8 Å². The molecule has 33 heavy (non-hydrogen) atoms. The van der Waals surface area contributed by atoms with Gasteiger partial charge in [-0.05, 0) is 42.5 Å². The molecule has 0 saturated carbocycles. The van der Waals surface area contributed by atoms with Crippen molar-refractivity contribution in [2.45, 2.75) is 4.34 Å². The van der Waals surface area contributed by atoms with Crippen LogP contribution in [-0.2, 0) is 14.3 Å². The van der Waals surface area contributed by atoms with Crippen molar-refractivity contribution in [3.05, 3.63) is 53.6 Å². The predicted octanol–water partition coefficient (Wildman–Crippen LogP) is 3.59. The van der Waals surface area contributed by atoms with Gasteiger partial charge in [0.05, 0.1) is 38.2 Å². The molecule has 0 bridgehead atoms. The fraction of sp³-hybridized carbons (Fsp3) is 0.190. The average Bonchev–Trinajstić information content (AvgIpc) is 3.29. The van der Waals surface area contributed by atoms with Crippen molar-refractivity contribution in [1.29, 1.82) is 0 Å². The van der Waals surface area contributed by atoms with Gasteiger partial charge >= 0.3 is 11.9 Å². The second-order valence-electron chi connectivity index (χ2n) is 6.35. The average molecular weight is 489 g/mol. The molecule has 2 N–H and O–H groups in total. The molecule has 1 aromatic heterocycles. The van der Waals surface area contributed by atoms with E-state index in [1.807, 2.05) is 24.3 Å². The minimum Gasteiger partial charge on any atom is -0.497 e. The Morgan fingerprint density at radius 2 is 1.55 bits per heavy atom. The highest BCUT2D eigenvalue weighted by atomic mass is 32.2. The zero-order valence-corrected chi connectivity index (χ0v) is 19.5. The normalized spacial score (nSPS) is 10.3. The molecule has 0 radical (unpaired) electrons. The first-order chi connectivity index (χ1) is 15.9. The summed E-state index contributed by atoms with van der Waals surface area (Å²) in [4.78, 5) is 36.2. The van der Waals surface area contributed by atoms with Crippen molar-refractivity contribution in [2.75, 3.05) is 37.7 Å². The molecule has 172 valence electrons. The maximum Gasteiger partial charge on any atom is 0.337 e. The van der Waals surface area contributed by atoms with Gasteiger partial charge in [0.25, 0.3) is 0 Å². The van der Waals surface area contributed by atoms with E-state index in [1.54, 1.807) is 7.11 Å². The monoisotopic (exact) mass is 488 g/mol. The van der Waals surface area contributed by atoms with Crippen LogP contribution in [0.1, 0.15) is 20.7 Å². The van der Waals surface area contributed by atoms with Crippen LogP contribution in [0.2, 0.25) is 0 Å². The van der Waals surface area contributed by atoms with Crippen LogP contribution in [0.3, 0.4) is 0 Å². The van der Waals surface area contributed by atoms with E-state index in [-0.39, 0.29) is 28.5 Å². The number of esters is 2. The van der Waals surface area contributed by atoms with Crippen LogP contribution in [0, 0.1) is 0 Å². The van der Waals surface area contributed by atoms with Crippen molar-refractivity contribution in [2.24, 2.45) is 0 Å². The Labute approximate surface area is 197 Å². The molecule has 0 atom stereocenters. The SMILES string of the molecule is COC(=O)c1cc(NC(=O)CSc2nnc(Nc3ccc(OC)cc3)s2)cc(C(=O)OC)c1. The summed E-state index contributed by atoms with van der Waals surface area (Å²) >= 11 is 2.51. The molecule has 0 aliphatic carbocycles. The number of aromatic nitrogens is 2. The summed E-state index contributed by atoms with van der Waals surface area (Å²) in [6.45, 7) is 0. The van der Waals surface area contributed by atoms with Crippen LogP contribution in [0.4, 0.5) is 16.5 Å². The first kappa shape index (κ1) is 24.0. The van der Waals surface area contributed by atoms with Crippen LogP contribution in [0.5, 0.6) is 5.75 Å². The minimum atomic E-state index is -0.642. The van der Waals surface area contributed by atoms with E-state index in [0.717, 1.165) is 11.4 Å². The quantitative estimate of drug-likeness (QED) is 0.340. The molecule has 3 aromatic rings. The Bertz CT molecular complexity index is 1120. The molecule has 0 spiro atoms. The second-order valence-corrected chi connectivity index (χ2v) is 8.55. The molecule has 2 aromatic carbocycles. The Kier molecular flexibility index (Phi) is 8.22. The summed E-state index contributed by atoms with van der Waals surface area (Å²) in [5.41, 5.74) is 1.32. The standard InChI is InChI=1S/C21H20N4O6S2/c1-29-16-6-4-14(5-7-16)23-20-24-25-21(33-20)32-11-17(26)22-15-9-12(18(27)30-2)8-13(10-15)19(28)31-3/h4-10H,11H2,1-3H3,(H,22,26)(H,23,24). The van der Waals surface area contributed by atoms with Crippen molar-refractivity contribution < 1.29 is 28.6 Å². The largest absolute Gasteiger partial charge is 0.497 e. The zero-order valence-electron chi connectivity index (χ0n) is 17.9. The van der Waals surface area contributed by atoms with E-state index in [2.05, 4.69) is 20.8 Å². The van der Waals surface area contributed by atoms with Gasteiger partial charge in [0.15, 0.2) is 4.34 Å². The highest BCUT2D eigenvalue weighted by Crippen LogP contribution is 2.28. The lowest BCUT2D eigenvalue weighted by atomic mass is 10.1. The lowest BCUT2D eigenvalue weighted by molar-refractivity contribution is -0.113. The first-order valence-corrected chi connectivity index (χ1v) is 11.2. The Morgan fingerprint density at radius 1 is 0.909 bits per heavy atom. The number of benzene rings is 2. The fourth-order valence-electron chi connectivity index (χ4n) is 2.61. The molecule has 0 unspecified atom stereocenters. The molecule has 10 nitrogen and oxygen atoms in total. The molecule has 0 saturated heterocycles. The number of anilines is 3. The molecule has 0 fully saturated rings. The Balaban J connectivity index is 1.60. The summed E-state index contributed by atoms with van der Waals surface area (Å²) in [6, 6.07) is 11.5. The smallest absolute Gasteiger partial charge is 0.337 e. The molecular formula is C21H20N4O6S2. The summed E-state index contributed by atoms with van der Waals surface area (Å²) in [5.74, 6) is -0.839. The van der Waals surface area contributed by atoms with Gasteiger partial charge in [-0.2, -0.15) is 0 Å². The van der Waals surface area contributed by atoms with Crippen LogP contribution in [-0.4, -0.2) is 55.1 Å². The molecule has 12 heteroatoms. The minimum absolute atomic E-state index is 0.0488. The highest BCUT2D eigenvalue weighted by Gasteiger charge is 2.15. The number of carbonyl (C=O) groups is 3. The number of hydrogen-bond acceptors (Lipinski definition) is 11. The zero-order chi connectivity index (χ0) is 23.8. The van der Waals surface area contributed by atoms with Gasteiger partial charge in [-0.3, -0.25) is 4.79 Å². The number of methoxy groups -OCH3 is 3. The summed E-state index contributed by atoms with van der Waals surface area (Å²) in [6.07, 6.45) is 0. The first-order valence-electron chi connectivity index (χ1n) is 9.40. The van der Waals surface area contributed by atoms with E-state index in [1.165, 1.54) is 55.5 Å². The number of hydrogen-bond donors (Lipinski definition) is 2. The van der Waals surface area contributed by atoms with Crippen LogP contribution >= 0.6 is 23.1 Å². The maximum absolute atomic E-state index is 12.4. The topological polar surface area (TPSA) is 129 Å². The van der Waals surface area contributed by atoms with Crippen LogP contribution in [0.25, 0.3) is 0 Å². The number of amides is 1. The lowest BCUT2D eigenvalue weighted by Gasteiger charge is -2.09. The van der Waals surface area contributed by atoms with E-state index in [9.17, 15) is 14.4 Å². The third kappa shape index (κ3) is 6.67. The van der Waals surface area contributed by atoms with Crippen LogP contribution in [0.15, 0.2) is 46.8 Å². The number of carbonyl (C=O) groups excluding carboxylic acids is 3. The third-order valence-corrected chi connectivity index (χ3v) is 6.11. The number of ether oxygens (including phenoxy) is 3. The van der Waals surface area contributed by atoms with Gasteiger partial charge in [-0.15, -0.1) is 10.2 Å². The molecule has 0 aliphatic rings. The van der Waals surface area contributed by atoms with Crippen molar-refractivity contribution in [3.8, 4) is 5.75 Å². The number of nitrogens with one attached hydrogen (secondary N) is 2. The van der Waals surface area contributed by atoms with Gasteiger partial charge in [0.2, 0.25) is 11.0 Å². The number of thioether (sulfide) groups is 1. The van der Waals surface area contributed by atoms with Gasteiger partial charge in [-0.1, -0.05) is 23.1 Å². The van der Waals surface area contributed by atoms with E-state index in [0.29, 0.717) is 9.47 Å². The molecule has 3 rings (SSSR count). The Hall–Kier alpha value is -3.64. The van der Waals surface area contributed by atoms with Crippen molar-refractivity contribution in [1.82, 2.24) is 10.2 Å². The molecule has 0 aliphatic heterocycles. The lowest BCUT2D eigenvalue weighted by Crippen LogP contribution is -2.16. The van der Waals surface area contributed by atoms with Crippen LogP contribution < -0.4 is 15.4 Å². The number of rotatable bonds is 9. The van der Waals surface area contributed by atoms with Gasteiger partial charge in [0, 0.05) is 11.4 Å².